The molecule has 0 amide bonds. The van der Waals surface area contributed by atoms with E-state index in [1.807, 2.05) is 25.1 Å². The van der Waals surface area contributed by atoms with Gasteiger partial charge in [0.15, 0.2) is 17.4 Å². The molecule has 0 radical (unpaired) electrons. The molecule has 9 heteroatoms. The van der Waals surface area contributed by atoms with Crippen LogP contribution in [-0.2, 0) is 6.42 Å². The fourth-order valence-electron chi connectivity index (χ4n) is 3.58. The summed E-state index contributed by atoms with van der Waals surface area (Å²) in [7, 11) is 0. The van der Waals surface area contributed by atoms with Crippen LogP contribution in [0, 0.1) is 13.8 Å². The zero-order valence-corrected chi connectivity index (χ0v) is 18.8. The number of aliphatic imine (C=N–C) groups is 1. The number of azo groups is 1. The third-order valence-electron chi connectivity index (χ3n) is 5.47. The highest BCUT2D eigenvalue weighted by Gasteiger charge is 2.13. The first kappa shape index (κ1) is 22.5. The number of hydrogen-bond acceptors (Lipinski definition) is 5. The van der Waals surface area contributed by atoms with Crippen molar-refractivity contribution in [3.63, 3.8) is 0 Å². The number of nitrogens with one attached hydrogen (secondary N) is 2. The predicted molar refractivity (Wildman–Crippen MR) is 133 cm³/mol. The number of hydrogen-bond donors (Lipinski definition) is 5. The van der Waals surface area contributed by atoms with Crippen LogP contribution in [-0.4, -0.2) is 21.3 Å². The van der Waals surface area contributed by atoms with Gasteiger partial charge < -0.3 is 16.6 Å². The van der Waals surface area contributed by atoms with E-state index in [1.54, 1.807) is 36.4 Å². The van der Waals surface area contributed by atoms with Crippen molar-refractivity contribution in [2.24, 2.45) is 26.7 Å². The van der Waals surface area contributed by atoms with Gasteiger partial charge in [0.1, 0.15) is 5.69 Å². The van der Waals surface area contributed by atoms with E-state index in [0.29, 0.717) is 28.9 Å². The largest absolute Gasteiger partial charge is 0.505 e. The van der Waals surface area contributed by atoms with E-state index >= 15 is 0 Å². The van der Waals surface area contributed by atoms with Crippen molar-refractivity contribution in [3.8, 4) is 16.9 Å². The van der Waals surface area contributed by atoms with E-state index in [1.165, 1.54) is 11.1 Å². The number of aromatic amines is 2. The van der Waals surface area contributed by atoms with Crippen LogP contribution >= 0.6 is 0 Å². The molecule has 0 bridgehead atoms. The van der Waals surface area contributed by atoms with Gasteiger partial charge in [0.05, 0.1) is 11.4 Å². The Morgan fingerprint density at radius 3 is 2.50 bits per heavy atom. The van der Waals surface area contributed by atoms with Crippen molar-refractivity contribution < 1.29 is 5.11 Å². The Bertz CT molecular complexity index is 1460. The van der Waals surface area contributed by atoms with Crippen LogP contribution in [0.15, 0.2) is 80.7 Å². The van der Waals surface area contributed by atoms with Gasteiger partial charge in [-0.05, 0) is 54.3 Å². The van der Waals surface area contributed by atoms with Crippen LogP contribution in [0.5, 0.6) is 5.75 Å². The molecule has 0 fully saturated rings. The first-order chi connectivity index (χ1) is 16.3. The number of phenolic OH excluding ortho intramolecular Hbond substituents is 1. The zero-order valence-electron chi connectivity index (χ0n) is 18.8. The maximum Gasteiger partial charge on any atom is 0.291 e. The third kappa shape index (κ3) is 4.88. The third-order valence-corrected chi connectivity index (χ3v) is 5.47. The van der Waals surface area contributed by atoms with Crippen LogP contribution in [0.1, 0.15) is 22.4 Å². The lowest BCUT2D eigenvalue weighted by molar-refractivity contribution is 0.478. The number of benzene rings is 3. The number of phenols is 1. The maximum atomic E-state index is 12.3. The van der Waals surface area contributed by atoms with Crippen LogP contribution < -0.4 is 17.0 Å². The van der Waals surface area contributed by atoms with Gasteiger partial charge in [-0.1, -0.05) is 42.5 Å². The minimum atomic E-state index is -0.386. The molecule has 9 nitrogen and oxygen atoms in total. The Hall–Kier alpha value is -4.66. The number of guanidine groups is 1. The van der Waals surface area contributed by atoms with Gasteiger partial charge in [-0.25, -0.2) is 4.99 Å². The second kappa shape index (κ2) is 9.45. The fourth-order valence-corrected chi connectivity index (χ4v) is 3.58. The molecule has 0 saturated heterocycles. The quantitative estimate of drug-likeness (QED) is 0.163. The van der Waals surface area contributed by atoms with Crippen molar-refractivity contribution in [1.82, 2.24) is 10.2 Å². The molecule has 172 valence electrons. The Labute approximate surface area is 195 Å². The molecule has 7 N–H and O–H groups in total. The standard InChI is InChI=1S/C25H25N7O2/c1-14-9-10-16(11-15(14)2)12-21-22(24(34)32-30-21)31-29-20-8-4-7-19(23(20)33)17-5-3-6-18(13-17)28-25(26)27/h3-11,13,33H,12H2,1-2H3,(H4,26,27,28)(H2,30,32,34). The first-order valence-electron chi connectivity index (χ1n) is 10.6. The maximum absolute atomic E-state index is 12.3. The molecular weight excluding hydrogens is 430 g/mol. The number of para-hydroxylation sites is 1. The van der Waals surface area contributed by atoms with Crippen molar-refractivity contribution in [2.75, 3.05) is 0 Å². The number of aromatic nitrogens is 2. The van der Waals surface area contributed by atoms with Crippen molar-refractivity contribution in [2.45, 2.75) is 20.3 Å². The van der Waals surface area contributed by atoms with E-state index in [9.17, 15) is 9.90 Å². The van der Waals surface area contributed by atoms with Crippen LogP contribution in [0.2, 0.25) is 0 Å². The number of aryl methyl sites for hydroxylation is 2. The normalized spacial score (nSPS) is 11.1. The van der Waals surface area contributed by atoms with Gasteiger partial charge in [0.25, 0.3) is 5.56 Å². The number of aromatic hydroxyl groups is 1. The van der Waals surface area contributed by atoms with Crippen molar-refractivity contribution in [3.05, 3.63) is 93.4 Å². The average molecular weight is 456 g/mol. The Balaban J connectivity index is 1.65. The first-order valence-corrected chi connectivity index (χ1v) is 10.6. The molecule has 0 aliphatic rings. The topological polar surface area (TPSA) is 158 Å². The smallest absolute Gasteiger partial charge is 0.291 e. The molecule has 1 aromatic heterocycles. The van der Waals surface area contributed by atoms with Gasteiger partial charge in [0, 0.05) is 12.0 Å². The van der Waals surface area contributed by atoms with Gasteiger partial charge in [0.2, 0.25) is 0 Å². The molecular formula is C25H25N7O2. The van der Waals surface area contributed by atoms with E-state index in [4.69, 9.17) is 11.5 Å². The average Bonchev–Trinajstić information content (AvgIpc) is 3.14. The summed E-state index contributed by atoms with van der Waals surface area (Å²) in [5.74, 6) is -0.131. The second-order valence-electron chi connectivity index (χ2n) is 7.96. The number of nitrogens with two attached hydrogens (primary N) is 2. The van der Waals surface area contributed by atoms with Crippen LogP contribution in [0.25, 0.3) is 11.1 Å². The second-order valence-corrected chi connectivity index (χ2v) is 7.96. The van der Waals surface area contributed by atoms with Gasteiger partial charge >= 0.3 is 0 Å². The lowest BCUT2D eigenvalue weighted by Crippen LogP contribution is -2.21. The van der Waals surface area contributed by atoms with E-state index < -0.39 is 0 Å². The molecule has 0 unspecified atom stereocenters. The van der Waals surface area contributed by atoms with Crippen molar-refractivity contribution >= 4 is 23.0 Å². The summed E-state index contributed by atoms with van der Waals surface area (Å²) in [5, 5.41) is 24.6. The Morgan fingerprint density at radius 2 is 1.74 bits per heavy atom. The summed E-state index contributed by atoms with van der Waals surface area (Å²) in [4.78, 5) is 16.4. The summed E-state index contributed by atoms with van der Waals surface area (Å²) in [5.41, 5.74) is 16.7. The lowest BCUT2D eigenvalue weighted by atomic mass is 10.0. The number of H-pyrrole nitrogens is 2. The van der Waals surface area contributed by atoms with Crippen molar-refractivity contribution in [1.29, 1.82) is 0 Å². The summed E-state index contributed by atoms with van der Waals surface area (Å²) in [6.45, 7) is 4.09. The lowest BCUT2D eigenvalue weighted by Gasteiger charge is -2.07. The zero-order chi connectivity index (χ0) is 24.2. The minimum absolute atomic E-state index is 0.0581. The van der Waals surface area contributed by atoms with Crippen LogP contribution in [0.4, 0.5) is 17.1 Å². The van der Waals surface area contributed by atoms with E-state index in [-0.39, 0.29) is 28.6 Å². The summed E-state index contributed by atoms with van der Waals surface area (Å²) >= 11 is 0. The summed E-state index contributed by atoms with van der Waals surface area (Å²) in [6, 6.07) is 18.3. The predicted octanol–water partition coefficient (Wildman–Crippen LogP) is 4.60. The number of nitrogens with zero attached hydrogens (tertiary/aromatic N) is 3. The summed E-state index contributed by atoms with van der Waals surface area (Å²) < 4.78 is 0. The molecule has 0 spiro atoms. The SMILES string of the molecule is Cc1ccc(Cc2[nH][nH]c(=O)c2N=Nc2cccc(-c3cccc(N=C(N)N)c3)c2O)cc1C. The molecule has 4 aromatic rings. The minimum Gasteiger partial charge on any atom is -0.505 e. The monoisotopic (exact) mass is 455 g/mol. The Kier molecular flexibility index (Phi) is 6.26. The highest BCUT2D eigenvalue weighted by Crippen LogP contribution is 2.38. The molecule has 3 aromatic carbocycles. The van der Waals surface area contributed by atoms with E-state index in [0.717, 1.165) is 5.56 Å². The van der Waals surface area contributed by atoms with Gasteiger partial charge in [-0.2, -0.15) is 0 Å². The molecule has 34 heavy (non-hydrogen) atoms. The van der Waals surface area contributed by atoms with E-state index in [2.05, 4.69) is 38.4 Å². The van der Waals surface area contributed by atoms with Gasteiger partial charge in [-0.3, -0.25) is 15.0 Å². The highest BCUT2D eigenvalue weighted by molar-refractivity contribution is 5.81. The molecule has 0 atom stereocenters. The summed E-state index contributed by atoms with van der Waals surface area (Å²) in [6.07, 6.45) is 0.484. The van der Waals surface area contributed by atoms with Crippen LogP contribution in [0.3, 0.4) is 0 Å². The fraction of sp³-hybridized carbons (Fsp3) is 0.120. The number of rotatable bonds is 6. The molecule has 0 aliphatic heterocycles. The molecule has 0 saturated carbocycles. The Morgan fingerprint density at radius 1 is 0.941 bits per heavy atom. The van der Waals surface area contributed by atoms with Gasteiger partial charge in [-0.15, -0.1) is 10.2 Å². The molecule has 4 rings (SSSR count). The molecule has 0 aliphatic carbocycles. The highest BCUT2D eigenvalue weighted by atomic mass is 16.3. The molecule has 1 heterocycles.